The largest absolute Gasteiger partial charge is 0.463 e. The molecule has 3 rings (SSSR count). The predicted molar refractivity (Wildman–Crippen MR) is 250 cm³/mol. The average molecular weight is 902 g/mol. The quantitative estimate of drug-likeness (QED) is 0.0501. The number of amides is 1. The molecule has 364 valence electrons. The number of fused-ring (bicyclic) bond motifs is 3. The highest BCUT2D eigenvalue weighted by Gasteiger charge is 2.29. The summed E-state index contributed by atoms with van der Waals surface area (Å²) in [5.74, 6) is -0.100. The van der Waals surface area contributed by atoms with Gasteiger partial charge in [0, 0.05) is 18.9 Å². The first-order chi connectivity index (χ1) is 31.7. The van der Waals surface area contributed by atoms with E-state index in [0.717, 1.165) is 12.8 Å². The number of esters is 1. The molecule has 0 atom stereocenters. The highest BCUT2D eigenvalue weighted by molar-refractivity contribution is 5.79. The van der Waals surface area contributed by atoms with Gasteiger partial charge in [0.05, 0.1) is 106 Å². The van der Waals surface area contributed by atoms with Crippen molar-refractivity contribution in [3.63, 3.8) is 0 Å². The fraction of sp³-hybridized carbons (Fsp3) is 0.725. The van der Waals surface area contributed by atoms with Gasteiger partial charge in [-0.3, -0.25) is 4.79 Å². The number of benzene rings is 2. The number of carbonyl (C=O) groups is 2. The lowest BCUT2D eigenvalue weighted by atomic mass is 9.98. The summed E-state index contributed by atoms with van der Waals surface area (Å²) in [5.41, 5.74) is 4.77. The van der Waals surface area contributed by atoms with Crippen LogP contribution in [0.15, 0.2) is 48.5 Å². The molecule has 0 heterocycles. The third-order valence-corrected chi connectivity index (χ3v) is 10.9. The second-order valence-electron chi connectivity index (χ2n) is 16.1. The Morgan fingerprint density at radius 1 is 0.422 bits per heavy atom. The number of ether oxygens (including phenoxy) is 10. The van der Waals surface area contributed by atoms with E-state index in [0.29, 0.717) is 119 Å². The Morgan fingerprint density at radius 2 is 0.766 bits per heavy atom. The van der Waals surface area contributed by atoms with Gasteiger partial charge in [0.1, 0.15) is 13.2 Å². The molecule has 1 aliphatic carbocycles. The van der Waals surface area contributed by atoms with E-state index in [1.165, 1.54) is 106 Å². The van der Waals surface area contributed by atoms with Crippen molar-refractivity contribution >= 4 is 12.1 Å². The minimum Gasteiger partial charge on any atom is -0.463 e. The molecule has 0 fully saturated rings. The van der Waals surface area contributed by atoms with E-state index in [1.807, 2.05) is 24.3 Å². The summed E-state index contributed by atoms with van der Waals surface area (Å²) in [6.07, 6.45) is 19.7. The molecule has 0 aliphatic heterocycles. The van der Waals surface area contributed by atoms with Crippen molar-refractivity contribution in [2.24, 2.45) is 0 Å². The zero-order valence-electron chi connectivity index (χ0n) is 39.3. The molecule has 0 saturated carbocycles. The Bertz CT molecular complexity index is 1370. The van der Waals surface area contributed by atoms with Crippen molar-refractivity contribution in [1.82, 2.24) is 5.32 Å². The predicted octanol–water partition coefficient (Wildman–Crippen LogP) is 9.46. The third-order valence-electron chi connectivity index (χ3n) is 10.9. The lowest BCUT2D eigenvalue weighted by Gasteiger charge is -2.14. The molecule has 1 N–H and O–H groups in total. The Balaban J connectivity index is 0.922. The van der Waals surface area contributed by atoms with Gasteiger partial charge in [-0.25, -0.2) is 4.79 Å². The molecule has 0 radical (unpaired) electrons. The van der Waals surface area contributed by atoms with Gasteiger partial charge >= 0.3 is 12.1 Å². The van der Waals surface area contributed by atoms with E-state index in [1.54, 1.807) is 0 Å². The lowest BCUT2D eigenvalue weighted by molar-refractivity contribution is -0.145. The molecule has 2 aromatic rings. The van der Waals surface area contributed by atoms with Crippen LogP contribution in [0.2, 0.25) is 0 Å². The van der Waals surface area contributed by atoms with E-state index >= 15 is 0 Å². The van der Waals surface area contributed by atoms with Crippen LogP contribution in [-0.4, -0.2) is 138 Å². The zero-order valence-corrected chi connectivity index (χ0v) is 39.3. The van der Waals surface area contributed by atoms with Crippen LogP contribution in [0.1, 0.15) is 127 Å². The van der Waals surface area contributed by atoms with Crippen LogP contribution in [0, 0.1) is 0 Å². The summed E-state index contributed by atoms with van der Waals surface area (Å²) >= 11 is 0. The smallest absolute Gasteiger partial charge is 0.407 e. The minimum absolute atomic E-state index is 0.0347. The molecule has 0 saturated heterocycles. The summed E-state index contributed by atoms with van der Waals surface area (Å²) in [7, 11) is 0. The van der Waals surface area contributed by atoms with Crippen LogP contribution in [0.4, 0.5) is 4.79 Å². The second kappa shape index (κ2) is 40.2. The molecule has 0 unspecified atom stereocenters. The van der Waals surface area contributed by atoms with E-state index in [9.17, 15) is 9.59 Å². The normalized spacial score (nSPS) is 12.1. The topological polar surface area (TPSA) is 138 Å². The summed E-state index contributed by atoms with van der Waals surface area (Å²) in [5, 5.41) is 2.75. The molecule has 64 heavy (non-hydrogen) atoms. The maximum atomic E-state index is 12.3. The summed E-state index contributed by atoms with van der Waals surface area (Å²) in [6, 6.07) is 16.5. The average Bonchev–Trinajstić information content (AvgIpc) is 3.63. The first-order valence-corrected chi connectivity index (χ1v) is 24.6. The molecular weight excluding hydrogens is 819 g/mol. The first kappa shape index (κ1) is 55.2. The number of carbonyl (C=O) groups excluding carboxylic acids is 2. The number of unbranched alkanes of at least 4 members (excludes halogenated alkanes) is 14. The zero-order chi connectivity index (χ0) is 45.2. The molecule has 13 heteroatoms. The van der Waals surface area contributed by atoms with Crippen LogP contribution in [0.25, 0.3) is 11.1 Å². The SMILES string of the molecule is CCCCCCCCCCCCCCCCCC(=O)OCCOCCOCCOCCOCCOCCOCCOCCOCCNC(=O)OCC1c2ccccc2-c2ccccc21. The molecular formula is C51H83NO12. The summed E-state index contributed by atoms with van der Waals surface area (Å²) in [6.45, 7) is 10.5. The first-order valence-electron chi connectivity index (χ1n) is 24.6. The minimum atomic E-state index is -0.453. The number of hydrogen-bond donors (Lipinski definition) is 1. The number of nitrogens with one attached hydrogen (secondary N) is 1. The maximum absolute atomic E-state index is 12.3. The van der Waals surface area contributed by atoms with E-state index in [4.69, 9.17) is 47.4 Å². The van der Waals surface area contributed by atoms with Crippen LogP contribution in [0.5, 0.6) is 0 Å². The molecule has 1 amide bonds. The van der Waals surface area contributed by atoms with Crippen molar-refractivity contribution < 1.29 is 57.0 Å². The van der Waals surface area contributed by atoms with Gasteiger partial charge in [-0.15, -0.1) is 0 Å². The third kappa shape index (κ3) is 28.0. The Hall–Kier alpha value is -3.14. The van der Waals surface area contributed by atoms with Crippen molar-refractivity contribution in [1.29, 1.82) is 0 Å². The van der Waals surface area contributed by atoms with Crippen LogP contribution in [0.3, 0.4) is 0 Å². The number of hydrogen-bond acceptors (Lipinski definition) is 12. The van der Waals surface area contributed by atoms with Gasteiger partial charge in [0.15, 0.2) is 0 Å². The molecule has 1 aliphatic rings. The van der Waals surface area contributed by atoms with Crippen LogP contribution < -0.4 is 5.32 Å². The number of rotatable bonds is 45. The monoisotopic (exact) mass is 902 g/mol. The van der Waals surface area contributed by atoms with Gasteiger partial charge in [0.25, 0.3) is 0 Å². The van der Waals surface area contributed by atoms with Crippen LogP contribution in [-0.2, 0) is 52.2 Å². The molecule has 2 aromatic carbocycles. The highest BCUT2D eigenvalue weighted by Crippen LogP contribution is 2.44. The van der Waals surface area contributed by atoms with Gasteiger partial charge in [-0.1, -0.05) is 145 Å². The van der Waals surface area contributed by atoms with Gasteiger partial charge in [0.2, 0.25) is 0 Å². The lowest BCUT2D eigenvalue weighted by Crippen LogP contribution is -2.29. The van der Waals surface area contributed by atoms with Gasteiger partial charge < -0.3 is 52.7 Å². The van der Waals surface area contributed by atoms with E-state index < -0.39 is 6.09 Å². The van der Waals surface area contributed by atoms with Crippen LogP contribution >= 0.6 is 0 Å². The van der Waals surface area contributed by atoms with Crippen molar-refractivity contribution in [2.75, 3.05) is 125 Å². The van der Waals surface area contributed by atoms with Gasteiger partial charge in [-0.2, -0.15) is 0 Å². The molecule has 13 nitrogen and oxygen atoms in total. The van der Waals surface area contributed by atoms with E-state index in [2.05, 4.69) is 36.5 Å². The molecule has 0 aromatic heterocycles. The van der Waals surface area contributed by atoms with Crippen molar-refractivity contribution in [3.05, 3.63) is 59.7 Å². The molecule has 0 spiro atoms. The highest BCUT2D eigenvalue weighted by atomic mass is 16.6. The standard InChI is InChI=1S/C51H83NO12/c1-2-3-4-5-6-7-8-9-10-11-12-13-14-15-16-25-50(53)63-43-42-62-41-40-61-39-38-60-37-36-59-35-34-58-33-32-57-31-30-56-29-28-55-27-26-52-51(54)64-44-49-47-23-19-17-21-45(47)46-22-18-20-24-48(46)49/h17-24,49H,2-16,25-44H2,1H3,(H,52,54). The van der Waals surface area contributed by atoms with E-state index in [-0.39, 0.29) is 25.1 Å². The molecule has 0 bridgehead atoms. The van der Waals surface area contributed by atoms with Crippen molar-refractivity contribution in [3.8, 4) is 11.1 Å². The Kier molecular flexibility index (Phi) is 34.6. The summed E-state index contributed by atoms with van der Waals surface area (Å²) < 4.78 is 55.0. The number of alkyl carbamates (subject to hydrolysis) is 1. The fourth-order valence-corrected chi connectivity index (χ4v) is 7.44. The second-order valence-corrected chi connectivity index (χ2v) is 16.1. The fourth-order valence-electron chi connectivity index (χ4n) is 7.44. The summed E-state index contributed by atoms with van der Waals surface area (Å²) in [4.78, 5) is 24.2. The van der Waals surface area contributed by atoms with Crippen molar-refractivity contribution in [2.45, 2.75) is 116 Å². The maximum Gasteiger partial charge on any atom is 0.407 e. The Morgan fingerprint density at radius 3 is 1.17 bits per heavy atom. The van der Waals surface area contributed by atoms with Gasteiger partial charge in [-0.05, 0) is 28.7 Å². The Labute approximate surface area is 385 Å².